The number of carbonyl (C=O) groups excluding carboxylic acids is 1. The molecule has 19 heteroatoms. The van der Waals surface area contributed by atoms with Crippen molar-refractivity contribution in [2.75, 3.05) is 0 Å². The van der Waals surface area contributed by atoms with E-state index in [9.17, 15) is 70.7 Å². The topological polar surface area (TPSA) is 55.4 Å². The fraction of sp³-hybridized carbons (Fsp3) is 0.221. The van der Waals surface area contributed by atoms with Gasteiger partial charge in [-0.15, -0.1) is 12.4 Å². The lowest BCUT2D eigenvalue weighted by Gasteiger charge is -2.15. The van der Waals surface area contributed by atoms with Crippen LogP contribution in [0.5, 0.6) is 0 Å². The number of benzene rings is 15. The first-order valence-corrected chi connectivity index (χ1v) is 43.6. The van der Waals surface area contributed by atoms with Crippen molar-refractivity contribution in [2.24, 2.45) is 10.7 Å². The van der Waals surface area contributed by atoms with Crippen molar-refractivity contribution in [1.82, 2.24) is 0 Å². The predicted octanol–water partition coefficient (Wildman–Crippen LogP) is 35.1. The summed E-state index contributed by atoms with van der Waals surface area (Å²) in [6, 6.07) is 99.9. The van der Waals surface area contributed by atoms with Crippen LogP contribution in [0.2, 0.25) is 0 Å². The standard InChI is InChI=1S/2C23H23F3.C23H21F3.C22H18F3N.C12H13N.C10H7F3O.ClH/c3*1-17(21-15-7-12-19-11-4-5-14-22(19)21)8-2-3-9-18-10-6-13-20(16-18)23(24,25)26;1-16(20-13-5-10-18-9-2-3-12-21(18)20)26-14-6-8-17-7-4-11-19(15-17)22(23,24)25;1-9(13)11-8-4-6-10-5-2-3-7-12(10)11;11-10(12,13)9-5-1-3-8(7-9)4-2-6-14;/h2*4-7,10-17H,2-3,8-9H2,1H3;3-7,9-17H,2,8H2,1H3;2-16H,1H3;2-9H,13H2,1H3;1-7H;1H/b;;9-3+;8-6+,26-14?;;4-2+;. The molecule has 132 heavy (non-hydrogen) atoms. The summed E-state index contributed by atoms with van der Waals surface area (Å²) in [7, 11) is 0. The van der Waals surface area contributed by atoms with Crippen LogP contribution in [-0.4, -0.2) is 12.5 Å². The lowest BCUT2D eigenvalue weighted by molar-refractivity contribution is -0.138. The maximum atomic E-state index is 12.8. The minimum Gasteiger partial charge on any atom is -0.324 e. The van der Waals surface area contributed by atoms with Gasteiger partial charge in [-0.25, -0.2) is 0 Å². The zero-order valence-electron chi connectivity index (χ0n) is 73.8. The number of unbranched alkanes of at least 4 members (excludes halogenated alkanes) is 2. The molecule has 0 fully saturated rings. The van der Waals surface area contributed by atoms with E-state index in [0.29, 0.717) is 53.6 Å². The maximum Gasteiger partial charge on any atom is 0.416 e. The largest absolute Gasteiger partial charge is 0.416 e. The van der Waals surface area contributed by atoms with Crippen LogP contribution < -0.4 is 5.73 Å². The maximum absolute atomic E-state index is 12.8. The summed E-state index contributed by atoms with van der Waals surface area (Å²) < 4.78 is 190. The zero-order chi connectivity index (χ0) is 94.1. The van der Waals surface area contributed by atoms with E-state index < -0.39 is 58.7 Å². The minimum atomic E-state index is -4.34. The molecule has 0 radical (unpaired) electrons. The molecular weight excluding hydrogens is 1720 g/mol. The number of fused-ring (bicyclic) bond motifs is 5. The quantitative estimate of drug-likeness (QED) is 0.0215. The number of halogens is 16. The second kappa shape index (κ2) is 49.6. The number of aliphatic imine (C=N–C) groups is 1. The first-order valence-electron chi connectivity index (χ1n) is 43.6. The van der Waals surface area contributed by atoms with E-state index in [1.54, 1.807) is 48.7 Å². The minimum absolute atomic E-state index is 0. The van der Waals surface area contributed by atoms with Gasteiger partial charge in [0, 0.05) is 12.3 Å². The van der Waals surface area contributed by atoms with Crippen LogP contribution in [-0.2, 0) is 48.5 Å². The molecule has 2 N–H and O–H groups in total. The molecule has 686 valence electrons. The van der Waals surface area contributed by atoms with Gasteiger partial charge < -0.3 is 5.73 Å². The van der Waals surface area contributed by atoms with Crippen molar-refractivity contribution in [2.45, 2.75) is 160 Å². The number of aldehydes is 1. The Morgan fingerprint density at radius 3 is 0.909 bits per heavy atom. The van der Waals surface area contributed by atoms with E-state index in [4.69, 9.17) is 5.73 Å². The molecule has 0 saturated heterocycles. The molecule has 15 aromatic carbocycles. The Morgan fingerprint density at radius 1 is 0.295 bits per heavy atom. The second-order valence-electron chi connectivity index (χ2n) is 32.4. The number of hydrogen-bond donors (Lipinski definition) is 1. The van der Waals surface area contributed by atoms with Gasteiger partial charge in [0.15, 0.2) is 0 Å². The van der Waals surface area contributed by atoms with Gasteiger partial charge in [0.1, 0.15) is 6.29 Å². The number of alkyl halides is 15. The second-order valence-corrected chi connectivity index (χ2v) is 32.4. The molecule has 3 nitrogen and oxygen atoms in total. The van der Waals surface area contributed by atoms with Gasteiger partial charge >= 0.3 is 30.9 Å². The van der Waals surface area contributed by atoms with Gasteiger partial charge in [-0.1, -0.05) is 343 Å². The van der Waals surface area contributed by atoms with Gasteiger partial charge in [0.25, 0.3) is 0 Å². The van der Waals surface area contributed by atoms with E-state index in [-0.39, 0.29) is 24.5 Å². The Hall–Kier alpha value is -12.6. The number of nitrogens with zero attached hydrogens (tertiary/aromatic N) is 1. The molecule has 0 aromatic heterocycles. The Bertz CT molecular complexity index is 6120. The highest BCUT2D eigenvalue weighted by atomic mass is 35.5. The lowest BCUT2D eigenvalue weighted by atomic mass is 9.90. The molecule has 5 atom stereocenters. The summed E-state index contributed by atoms with van der Waals surface area (Å²) in [5.41, 5.74) is 12.1. The van der Waals surface area contributed by atoms with Crippen LogP contribution in [0.25, 0.3) is 72.1 Å². The summed E-state index contributed by atoms with van der Waals surface area (Å²) in [4.78, 5) is 14.4. The van der Waals surface area contributed by atoms with Crippen LogP contribution >= 0.6 is 12.4 Å². The first kappa shape index (κ1) is 103. The van der Waals surface area contributed by atoms with Gasteiger partial charge in [0.05, 0.1) is 33.9 Å². The molecule has 0 amide bonds. The molecule has 5 unspecified atom stereocenters. The van der Waals surface area contributed by atoms with Crippen LogP contribution in [0.3, 0.4) is 0 Å². The normalized spacial score (nSPS) is 13.0. The summed E-state index contributed by atoms with van der Waals surface area (Å²) >= 11 is 0. The summed E-state index contributed by atoms with van der Waals surface area (Å²) in [5.74, 6) is 1.25. The number of hydrogen-bond acceptors (Lipinski definition) is 3. The van der Waals surface area contributed by atoms with Crippen molar-refractivity contribution in [1.29, 1.82) is 0 Å². The van der Waals surface area contributed by atoms with Crippen molar-refractivity contribution in [3.8, 4) is 0 Å². The SMILES string of the molecule is CC(CC/C=C/c1cccc(C(F)(F)F)c1)c1cccc2ccccc12.CC(CCCCc1cccc(C(F)(F)F)c1)c1cccc2ccccc12.CC(CCCCc1cccc(C(F)(F)F)c1)c1cccc2ccccc12.CC(N)c1cccc2ccccc12.CC(N=C/C=C/c1cccc(C(F)(F)F)c1)c1cccc2ccccc12.Cl.O=C/C=C/c1cccc(C(F)(F)F)c1. The number of carbonyl (C=O) groups is 1. The van der Waals surface area contributed by atoms with Crippen LogP contribution in [0.1, 0.15) is 199 Å². The molecule has 0 spiro atoms. The van der Waals surface area contributed by atoms with Crippen molar-refractivity contribution >= 4 is 97.0 Å². The number of rotatable bonds is 24. The third kappa shape index (κ3) is 31.6. The predicted molar refractivity (Wildman–Crippen MR) is 516 cm³/mol. The van der Waals surface area contributed by atoms with Crippen LogP contribution in [0, 0.1) is 0 Å². The highest BCUT2D eigenvalue weighted by Crippen LogP contribution is 2.38. The Kier molecular flexibility index (Phi) is 38.7. The Labute approximate surface area is 768 Å². The van der Waals surface area contributed by atoms with Gasteiger partial charge in [-0.3, -0.25) is 9.79 Å². The first-order chi connectivity index (χ1) is 62.6. The average molecular weight is 1830 g/mol. The van der Waals surface area contributed by atoms with Crippen molar-refractivity contribution in [3.05, 3.63) is 435 Å². The van der Waals surface area contributed by atoms with E-state index in [1.807, 2.05) is 80.6 Å². The van der Waals surface area contributed by atoms with E-state index in [2.05, 4.69) is 177 Å². The smallest absolute Gasteiger partial charge is 0.324 e. The van der Waals surface area contributed by atoms with Gasteiger partial charge in [-0.05, 0) is 253 Å². The third-order valence-corrected chi connectivity index (χ3v) is 22.6. The van der Waals surface area contributed by atoms with Gasteiger partial charge in [0.2, 0.25) is 0 Å². The number of aryl methyl sites for hydroxylation is 2. The highest BCUT2D eigenvalue weighted by Gasteiger charge is 2.34. The van der Waals surface area contributed by atoms with E-state index in [0.717, 1.165) is 127 Å². The molecular formula is C113H106ClF15N2O. The van der Waals surface area contributed by atoms with Crippen LogP contribution in [0.4, 0.5) is 65.9 Å². The zero-order valence-corrected chi connectivity index (χ0v) is 74.7. The number of nitrogens with two attached hydrogens (primary N) is 1. The third-order valence-electron chi connectivity index (χ3n) is 22.6. The van der Waals surface area contributed by atoms with Crippen LogP contribution in [0.15, 0.2) is 357 Å². The fourth-order valence-electron chi connectivity index (χ4n) is 15.7. The summed E-state index contributed by atoms with van der Waals surface area (Å²) in [5, 5.41) is 12.4. The lowest BCUT2D eigenvalue weighted by Crippen LogP contribution is -2.05. The molecule has 0 aliphatic heterocycles. The fourth-order valence-corrected chi connectivity index (χ4v) is 15.7. The van der Waals surface area contributed by atoms with Gasteiger partial charge in [-0.2, -0.15) is 65.9 Å². The van der Waals surface area contributed by atoms with Crippen molar-refractivity contribution in [3.63, 3.8) is 0 Å². The summed E-state index contributed by atoms with van der Waals surface area (Å²) in [6.07, 6.45) is -0.870. The molecule has 0 bridgehead atoms. The Morgan fingerprint density at radius 2 is 0.568 bits per heavy atom. The summed E-state index contributed by atoms with van der Waals surface area (Å²) in [6.45, 7) is 10.7. The molecule has 15 aromatic rings. The van der Waals surface area contributed by atoms with Crippen molar-refractivity contribution < 1.29 is 70.7 Å². The average Bonchev–Trinajstić information content (AvgIpc) is 0.824. The number of allylic oxidation sites excluding steroid dienone is 3. The molecule has 0 heterocycles. The molecule has 0 aliphatic carbocycles. The molecule has 0 aliphatic rings. The Balaban J connectivity index is 0.000000181. The monoisotopic (exact) mass is 1830 g/mol. The van der Waals surface area contributed by atoms with E-state index in [1.165, 1.54) is 126 Å². The van der Waals surface area contributed by atoms with E-state index >= 15 is 0 Å². The molecule has 0 saturated carbocycles. The molecule has 15 rings (SSSR count). The highest BCUT2D eigenvalue weighted by molar-refractivity contribution is 5.90.